The van der Waals surface area contributed by atoms with Gasteiger partial charge in [0, 0.05) is 19.3 Å². The number of carbonyl (C=O) groups is 3. The van der Waals surface area contributed by atoms with Crippen molar-refractivity contribution in [3.05, 3.63) is 97.2 Å². The summed E-state index contributed by atoms with van der Waals surface area (Å²) in [4.78, 5) is 38.3. The quantitative estimate of drug-likeness (QED) is 0.0261. The molecule has 0 spiro atoms. The molecular weight excluding hydrogens is 925 g/mol. The molecule has 0 N–H and O–H groups in total. The summed E-state index contributed by atoms with van der Waals surface area (Å²) in [5.41, 5.74) is 0. The Balaban J connectivity index is 4.48. The highest BCUT2D eigenvalue weighted by Gasteiger charge is 2.19. The molecule has 0 aliphatic rings. The molecule has 0 saturated carbocycles. The Morgan fingerprint density at radius 1 is 0.280 bits per heavy atom. The van der Waals surface area contributed by atoms with Gasteiger partial charge in [0.15, 0.2) is 6.10 Å². The smallest absolute Gasteiger partial charge is 0.306 e. The van der Waals surface area contributed by atoms with Crippen molar-refractivity contribution in [2.24, 2.45) is 0 Å². The second-order valence-electron chi connectivity index (χ2n) is 20.9. The van der Waals surface area contributed by atoms with Crippen LogP contribution in [0.3, 0.4) is 0 Å². The zero-order valence-electron chi connectivity index (χ0n) is 49.3. The summed E-state index contributed by atoms with van der Waals surface area (Å²) in [5.74, 6) is -0.984. The maximum atomic E-state index is 12.9. The van der Waals surface area contributed by atoms with Gasteiger partial charge >= 0.3 is 17.9 Å². The van der Waals surface area contributed by atoms with E-state index in [-0.39, 0.29) is 37.5 Å². The maximum absolute atomic E-state index is 12.9. The minimum atomic E-state index is -0.812. The van der Waals surface area contributed by atoms with Gasteiger partial charge in [-0.2, -0.15) is 0 Å². The first-order valence-corrected chi connectivity index (χ1v) is 31.7. The molecule has 0 heterocycles. The van der Waals surface area contributed by atoms with Gasteiger partial charge in [-0.1, -0.05) is 272 Å². The minimum absolute atomic E-state index is 0.102. The van der Waals surface area contributed by atoms with E-state index in [2.05, 4.69) is 112 Å². The number of hydrogen-bond donors (Lipinski definition) is 0. The largest absolute Gasteiger partial charge is 0.462 e. The minimum Gasteiger partial charge on any atom is -0.462 e. The molecule has 0 aromatic rings. The molecule has 0 amide bonds. The molecule has 0 rings (SSSR count). The van der Waals surface area contributed by atoms with Gasteiger partial charge in [0.1, 0.15) is 13.2 Å². The predicted molar refractivity (Wildman–Crippen MR) is 325 cm³/mol. The summed E-state index contributed by atoms with van der Waals surface area (Å²) < 4.78 is 16.9. The summed E-state index contributed by atoms with van der Waals surface area (Å²) in [6.45, 7) is 6.48. The highest BCUT2D eigenvalue weighted by Crippen LogP contribution is 2.16. The first-order valence-electron chi connectivity index (χ1n) is 31.7. The molecule has 0 unspecified atom stereocenters. The molecule has 0 saturated heterocycles. The normalized spacial score (nSPS) is 12.7. The van der Waals surface area contributed by atoms with Crippen LogP contribution < -0.4 is 0 Å². The monoisotopic (exact) mass is 1040 g/mol. The maximum Gasteiger partial charge on any atom is 0.306 e. The lowest BCUT2D eigenvalue weighted by atomic mass is 10.1. The molecule has 0 radical (unpaired) electrons. The number of unbranched alkanes of at least 4 members (excludes halogenated alkanes) is 30. The number of rotatable bonds is 57. The van der Waals surface area contributed by atoms with E-state index in [0.29, 0.717) is 19.3 Å². The molecule has 6 nitrogen and oxygen atoms in total. The van der Waals surface area contributed by atoms with Crippen molar-refractivity contribution in [2.75, 3.05) is 13.2 Å². The third-order valence-electron chi connectivity index (χ3n) is 13.6. The van der Waals surface area contributed by atoms with Gasteiger partial charge in [-0.05, 0) is 109 Å². The molecule has 0 bridgehead atoms. The second-order valence-corrected chi connectivity index (χ2v) is 20.9. The van der Waals surface area contributed by atoms with E-state index in [1.165, 1.54) is 180 Å². The van der Waals surface area contributed by atoms with Crippen LogP contribution in [0.2, 0.25) is 0 Å². The standard InChI is InChI=1S/C69H118O6/c1-4-7-10-13-16-19-22-25-28-31-34-37-40-43-46-49-52-55-58-61-67(70)73-64-66(75-69(72)63-60-57-54-51-48-45-42-39-36-33-30-27-24-21-18-15-12-9-6-3)65-74-68(71)62-59-56-53-50-47-44-41-38-35-32-29-26-23-20-17-14-11-8-5-2/h7,10,16,19,25-30,34,37,43,46,52,55,66H,4-6,8-9,11-15,17-18,20-24,31-33,35-36,38-42,44-45,47-51,53-54,56-65H2,1-3H3/b10-7-,19-16-,28-25-,29-26-,30-27-,37-34-,46-43-,55-52-/t66-/m0/s1. The average Bonchev–Trinajstić information content (AvgIpc) is 3.41. The van der Waals surface area contributed by atoms with Gasteiger partial charge in [-0.25, -0.2) is 0 Å². The molecular formula is C69H118O6. The molecule has 0 aliphatic carbocycles. The van der Waals surface area contributed by atoms with Crippen molar-refractivity contribution in [1.82, 2.24) is 0 Å². The SMILES string of the molecule is CC/C=C\C/C=C\C/C=C\C/C=C\C/C=C\C/C=C\CCC(=O)OC[C@@H](COC(=O)CCCCCCCCCCC/C=C\CCCCCCCC)OC(=O)CCCCCCCCCCC/C=C\CCCCCCCC. The zero-order valence-corrected chi connectivity index (χ0v) is 49.3. The van der Waals surface area contributed by atoms with Crippen LogP contribution in [0.15, 0.2) is 97.2 Å². The summed E-state index contributed by atoms with van der Waals surface area (Å²) in [6, 6.07) is 0. The molecule has 0 aromatic carbocycles. The first kappa shape index (κ1) is 71.3. The van der Waals surface area contributed by atoms with Crippen molar-refractivity contribution in [1.29, 1.82) is 0 Å². The highest BCUT2D eigenvalue weighted by atomic mass is 16.6. The van der Waals surface area contributed by atoms with E-state index in [4.69, 9.17) is 14.2 Å². The summed E-state index contributed by atoms with van der Waals surface area (Å²) in [7, 11) is 0. The number of esters is 3. The molecule has 75 heavy (non-hydrogen) atoms. The molecule has 0 aromatic heterocycles. The van der Waals surface area contributed by atoms with Crippen LogP contribution in [0.25, 0.3) is 0 Å². The van der Waals surface area contributed by atoms with Crippen LogP contribution in [-0.2, 0) is 28.6 Å². The van der Waals surface area contributed by atoms with E-state index in [1.807, 2.05) is 6.08 Å². The van der Waals surface area contributed by atoms with Gasteiger partial charge in [0.2, 0.25) is 0 Å². The van der Waals surface area contributed by atoms with Gasteiger partial charge < -0.3 is 14.2 Å². The number of allylic oxidation sites excluding steroid dienone is 16. The summed E-state index contributed by atoms with van der Waals surface area (Å²) in [6.07, 6.45) is 84.2. The van der Waals surface area contributed by atoms with Crippen molar-refractivity contribution < 1.29 is 28.6 Å². The third-order valence-corrected chi connectivity index (χ3v) is 13.6. The first-order chi connectivity index (χ1) is 37.0. The zero-order chi connectivity index (χ0) is 54.3. The van der Waals surface area contributed by atoms with Gasteiger partial charge in [0.25, 0.3) is 0 Å². The van der Waals surface area contributed by atoms with E-state index < -0.39 is 6.10 Å². The Kier molecular flexibility index (Phi) is 59.8. The lowest BCUT2D eigenvalue weighted by Crippen LogP contribution is -2.30. The van der Waals surface area contributed by atoms with Gasteiger partial charge in [-0.15, -0.1) is 0 Å². The Hall–Kier alpha value is -3.67. The van der Waals surface area contributed by atoms with Crippen LogP contribution in [0, 0.1) is 0 Å². The van der Waals surface area contributed by atoms with E-state index in [1.54, 1.807) is 0 Å². The summed E-state index contributed by atoms with van der Waals surface area (Å²) >= 11 is 0. The topological polar surface area (TPSA) is 78.9 Å². The average molecular weight is 1040 g/mol. The predicted octanol–water partition coefficient (Wildman–Crippen LogP) is 21.7. The van der Waals surface area contributed by atoms with Crippen LogP contribution in [0.5, 0.6) is 0 Å². The number of hydrogen-bond acceptors (Lipinski definition) is 6. The van der Waals surface area contributed by atoms with E-state index >= 15 is 0 Å². The van der Waals surface area contributed by atoms with Crippen LogP contribution >= 0.6 is 0 Å². The second kappa shape index (κ2) is 62.9. The number of carbonyl (C=O) groups excluding carboxylic acids is 3. The van der Waals surface area contributed by atoms with E-state index in [9.17, 15) is 14.4 Å². The summed E-state index contributed by atoms with van der Waals surface area (Å²) in [5, 5.41) is 0. The van der Waals surface area contributed by atoms with Crippen molar-refractivity contribution in [3.8, 4) is 0 Å². The van der Waals surface area contributed by atoms with Gasteiger partial charge in [-0.3, -0.25) is 14.4 Å². The molecule has 430 valence electrons. The lowest BCUT2D eigenvalue weighted by molar-refractivity contribution is -0.166. The van der Waals surface area contributed by atoms with Crippen molar-refractivity contribution in [3.63, 3.8) is 0 Å². The van der Waals surface area contributed by atoms with Crippen molar-refractivity contribution in [2.45, 2.75) is 309 Å². The fraction of sp³-hybridized carbons (Fsp3) is 0.725. The molecule has 0 fully saturated rings. The highest BCUT2D eigenvalue weighted by molar-refractivity contribution is 5.71. The molecule has 1 atom stereocenters. The van der Waals surface area contributed by atoms with Crippen molar-refractivity contribution >= 4 is 17.9 Å². The van der Waals surface area contributed by atoms with Gasteiger partial charge in [0.05, 0.1) is 0 Å². The Morgan fingerprint density at radius 2 is 0.547 bits per heavy atom. The lowest BCUT2D eigenvalue weighted by Gasteiger charge is -2.18. The molecule has 6 heteroatoms. The Bertz CT molecular complexity index is 1480. The van der Waals surface area contributed by atoms with Crippen LogP contribution in [0.1, 0.15) is 303 Å². The Labute approximate surface area is 464 Å². The van der Waals surface area contributed by atoms with Crippen LogP contribution in [0.4, 0.5) is 0 Å². The Morgan fingerprint density at radius 3 is 0.893 bits per heavy atom. The van der Waals surface area contributed by atoms with Crippen LogP contribution in [-0.4, -0.2) is 37.2 Å². The van der Waals surface area contributed by atoms with E-state index in [0.717, 1.165) is 77.0 Å². The molecule has 0 aliphatic heterocycles. The fourth-order valence-corrected chi connectivity index (χ4v) is 8.81. The fourth-order valence-electron chi connectivity index (χ4n) is 8.81. The third kappa shape index (κ3) is 61.1. The number of ether oxygens (including phenoxy) is 3.